The van der Waals surface area contributed by atoms with Crippen LogP contribution >= 0.6 is 0 Å². The number of anilines is 1. The standard InChI is InChI=1S/C13H15F3N2O3/c1-2-5-10(11(19)20)18-12(21)17-9-7-4-3-6-8(9)13(14,15)16/h3-4,6-7,10H,2,5H2,1H3,(H,19,20)(H2,17,18,21). The van der Waals surface area contributed by atoms with Gasteiger partial charge in [-0.3, -0.25) is 0 Å². The summed E-state index contributed by atoms with van der Waals surface area (Å²) in [5.74, 6) is -1.24. The SMILES string of the molecule is CCCC(NC(=O)Nc1ccccc1C(F)(F)F)C(=O)O. The third kappa shape index (κ3) is 4.97. The summed E-state index contributed by atoms with van der Waals surface area (Å²) in [6.07, 6.45) is -3.92. The second kappa shape index (κ2) is 6.96. The molecule has 0 heterocycles. The molecule has 0 aliphatic heterocycles. The van der Waals surface area contributed by atoms with E-state index >= 15 is 0 Å². The highest BCUT2D eigenvalue weighted by molar-refractivity contribution is 5.92. The van der Waals surface area contributed by atoms with E-state index in [0.717, 1.165) is 12.1 Å². The number of para-hydroxylation sites is 1. The summed E-state index contributed by atoms with van der Waals surface area (Å²) in [5.41, 5.74) is -1.43. The minimum absolute atomic E-state index is 0.184. The van der Waals surface area contributed by atoms with Gasteiger partial charge in [-0.15, -0.1) is 0 Å². The first-order valence-corrected chi connectivity index (χ1v) is 6.22. The first-order valence-electron chi connectivity index (χ1n) is 6.22. The summed E-state index contributed by atoms with van der Waals surface area (Å²) in [6, 6.07) is 2.32. The summed E-state index contributed by atoms with van der Waals surface area (Å²) in [4.78, 5) is 22.5. The van der Waals surface area contributed by atoms with Crippen LogP contribution in [-0.4, -0.2) is 23.1 Å². The van der Waals surface area contributed by atoms with Crippen molar-refractivity contribution in [3.8, 4) is 0 Å². The summed E-state index contributed by atoms with van der Waals surface area (Å²) < 4.78 is 38.2. The number of halogens is 3. The lowest BCUT2D eigenvalue weighted by Crippen LogP contribution is -2.43. The number of carboxylic acid groups (broad SMARTS) is 1. The maximum Gasteiger partial charge on any atom is 0.418 e. The van der Waals surface area contributed by atoms with E-state index in [0.29, 0.717) is 6.42 Å². The van der Waals surface area contributed by atoms with E-state index in [1.807, 2.05) is 5.32 Å². The van der Waals surface area contributed by atoms with Gasteiger partial charge in [-0.1, -0.05) is 25.5 Å². The molecule has 0 spiro atoms. The molecule has 0 aliphatic rings. The number of hydrogen-bond donors (Lipinski definition) is 3. The predicted molar refractivity (Wildman–Crippen MR) is 69.9 cm³/mol. The number of urea groups is 1. The highest BCUT2D eigenvalue weighted by atomic mass is 19.4. The van der Waals surface area contributed by atoms with Crippen LogP contribution in [0.4, 0.5) is 23.7 Å². The van der Waals surface area contributed by atoms with Crippen molar-refractivity contribution in [3.63, 3.8) is 0 Å². The number of carbonyl (C=O) groups excluding carboxylic acids is 1. The Morgan fingerprint density at radius 1 is 1.29 bits per heavy atom. The molecule has 0 bridgehead atoms. The van der Waals surface area contributed by atoms with E-state index in [2.05, 4.69) is 5.32 Å². The van der Waals surface area contributed by atoms with Gasteiger partial charge >= 0.3 is 18.2 Å². The second-order valence-corrected chi connectivity index (χ2v) is 4.32. The van der Waals surface area contributed by atoms with Gasteiger partial charge in [0.15, 0.2) is 0 Å². The van der Waals surface area contributed by atoms with Gasteiger partial charge in [0.2, 0.25) is 0 Å². The van der Waals surface area contributed by atoms with Crippen LogP contribution in [0.2, 0.25) is 0 Å². The Morgan fingerprint density at radius 3 is 2.43 bits per heavy atom. The summed E-state index contributed by atoms with van der Waals surface area (Å²) in [6.45, 7) is 1.73. The molecule has 1 atom stereocenters. The van der Waals surface area contributed by atoms with Gasteiger partial charge in [0.05, 0.1) is 11.3 Å². The summed E-state index contributed by atoms with van der Waals surface area (Å²) >= 11 is 0. The number of alkyl halides is 3. The Morgan fingerprint density at radius 2 is 1.90 bits per heavy atom. The zero-order valence-electron chi connectivity index (χ0n) is 11.2. The Balaban J connectivity index is 2.82. The molecule has 0 saturated carbocycles. The van der Waals surface area contributed by atoms with Crippen molar-refractivity contribution < 1.29 is 27.9 Å². The molecule has 1 rings (SSSR count). The largest absolute Gasteiger partial charge is 0.480 e. The molecule has 8 heteroatoms. The van der Waals surface area contributed by atoms with Gasteiger partial charge in [0.1, 0.15) is 6.04 Å². The van der Waals surface area contributed by atoms with Crippen molar-refractivity contribution in [2.45, 2.75) is 32.0 Å². The zero-order valence-corrected chi connectivity index (χ0v) is 11.2. The van der Waals surface area contributed by atoms with Gasteiger partial charge < -0.3 is 15.7 Å². The van der Waals surface area contributed by atoms with Crippen molar-refractivity contribution in [2.75, 3.05) is 5.32 Å². The lowest BCUT2D eigenvalue weighted by atomic mass is 10.1. The Bertz CT molecular complexity index is 518. The van der Waals surface area contributed by atoms with Gasteiger partial charge in [0, 0.05) is 0 Å². The molecule has 0 aromatic heterocycles. The molecular formula is C13H15F3N2O3. The molecule has 1 aromatic rings. The first-order chi connectivity index (χ1) is 9.75. The molecule has 5 nitrogen and oxygen atoms in total. The third-order valence-corrected chi connectivity index (χ3v) is 2.66. The molecule has 0 radical (unpaired) electrons. The number of benzene rings is 1. The Kier molecular flexibility index (Phi) is 5.57. The molecule has 21 heavy (non-hydrogen) atoms. The maximum atomic E-state index is 12.7. The summed E-state index contributed by atoms with van der Waals surface area (Å²) in [5, 5.41) is 13.0. The number of hydrogen-bond acceptors (Lipinski definition) is 2. The predicted octanol–water partition coefficient (Wildman–Crippen LogP) is 3.08. The van der Waals surface area contributed by atoms with Crippen molar-refractivity contribution >= 4 is 17.7 Å². The smallest absolute Gasteiger partial charge is 0.418 e. The number of nitrogens with one attached hydrogen (secondary N) is 2. The lowest BCUT2D eigenvalue weighted by Gasteiger charge is -2.16. The minimum atomic E-state index is -4.61. The number of carboxylic acids is 1. The number of amides is 2. The quantitative estimate of drug-likeness (QED) is 0.782. The van der Waals surface area contributed by atoms with Crippen molar-refractivity contribution in [3.05, 3.63) is 29.8 Å². The van der Waals surface area contributed by atoms with E-state index < -0.39 is 35.5 Å². The van der Waals surface area contributed by atoms with Crippen LogP contribution in [-0.2, 0) is 11.0 Å². The first kappa shape index (κ1) is 16.8. The van der Waals surface area contributed by atoms with Gasteiger partial charge in [-0.2, -0.15) is 13.2 Å². The van der Waals surface area contributed by atoms with E-state index in [1.165, 1.54) is 12.1 Å². The van der Waals surface area contributed by atoms with Crippen molar-refractivity contribution in [2.24, 2.45) is 0 Å². The fourth-order valence-corrected chi connectivity index (χ4v) is 1.70. The fraction of sp³-hybridized carbons (Fsp3) is 0.385. The topological polar surface area (TPSA) is 78.4 Å². The van der Waals surface area contributed by atoms with E-state index in [-0.39, 0.29) is 6.42 Å². The van der Waals surface area contributed by atoms with Crippen LogP contribution in [0.3, 0.4) is 0 Å². The van der Waals surface area contributed by atoms with Crippen LogP contribution in [0, 0.1) is 0 Å². The van der Waals surface area contributed by atoms with Crippen LogP contribution in [0.5, 0.6) is 0 Å². The molecule has 3 N–H and O–H groups in total. The van der Waals surface area contributed by atoms with E-state index in [4.69, 9.17) is 5.11 Å². The fourth-order valence-electron chi connectivity index (χ4n) is 1.70. The molecule has 1 unspecified atom stereocenters. The highest BCUT2D eigenvalue weighted by Crippen LogP contribution is 2.34. The molecule has 0 aliphatic carbocycles. The Hall–Kier alpha value is -2.25. The van der Waals surface area contributed by atoms with Gasteiger partial charge in [-0.25, -0.2) is 9.59 Å². The molecule has 0 saturated heterocycles. The lowest BCUT2D eigenvalue weighted by molar-refractivity contribution is -0.139. The van der Waals surface area contributed by atoms with E-state index in [9.17, 15) is 22.8 Å². The van der Waals surface area contributed by atoms with Gasteiger partial charge in [0.25, 0.3) is 0 Å². The average Bonchev–Trinajstić information content (AvgIpc) is 2.37. The van der Waals surface area contributed by atoms with Crippen LogP contribution in [0.15, 0.2) is 24.3 Å². The van der Waals surface area contributed by atoms with Crippen LogP contribution in [0.1, 0.15) is 25.3 Å². The number of rotatable bonds is 5. The third-order valence-electron chi connectivity index (χ3n) is 2.66. The zero-order chi connectivity index (χ0) is 16.0. The molecular weight excluding hydrogens is 289 g/mol. The summed E-state index contributed by atoms with van der Waals surface area (Å²) in [7, 11) is 0. The monoisotopic (exact) mass is 304 g/mol. The van der Waals surface area contributed by atoms with Gasteiger partial charge in [-0.05, 0) is 18.6 Å². The highest BCUT2D eigenvalue weighted by Gasteiger charge is 2.33. The normalized spacial score (nSPS) is 12.6. The van der Waals surface area contributed by atoms with Crippen LogP contribution < -0.4 is 10.6 Å². The van der Waals surface area contributed by atoms with Crippen molar-refractivity contribution in [1.29, 1.82) is 0 Å². The minimum Gasteiger partial charge on any atom is -0.480 e. The molecule has 116 valence electrons. The van der Waals surface area contributed by atoms with E-state index in [1.54, 1.807) is 6.92 Å². The number of aliphatic carboxylic acids is 1. The number of carbonyl (C=O) groups is 2. The Labute approximate surface area is 119 Å². The molecule has 0 fully saturated rings. The molecule has 1 aromatic carbocycles. The second-order valence-electron chi connectivity index (χ2n) is 4.32. The molecule has 2 amide bonds. The van der Waals surface area contributed by atoms with Crippen molar-refractivity contribution in [1.82, 2.24) is 5.32 Å². The maximum absolute atomic E-state index is 12.7. The van der Waals surface area contributed by atoms with Crippen LogP contribution in [0.25, 0.3) is 0 Å². The average molecular weight is 304 g/mol.